The second-order valence-corrected chi connectivity index (χ2v) is 5.21. The molecule has 0 aliphatic carbocycles. The Morgan fingerprint density at radius 1 is 1.32 bits per heavy atom. The smallest absolute Gasteiger partial charge is 0.256 e. The lowest BCUT2D eigenvalue weighted by Crippen LogP contribution is -2.65. The first-order chi connectivity index (χ1) is 8.84. The molecule has 0 spiro atoms. The lowest BCUT2D eigenvalue weighted by molar-refractivity contribution is -0.143. The number of benzene rings is 1. The van der Waals surface area contributed by atoms with Crippen LogP contribution in [0.3, 0.4) is 0 Å². The van der Waals surface area contributed by atoms with Gasteiger partial charge in [-0.25, -0.2) is 0 Å². The van der Waals surface area contributed by atoms with Gasteiger partial charge in [0.2, 0.25) is 5.91 Å². The van der Waals surface area contributed by atoms with Crippen molar-refractivity contribution in [1.29, 1.82) is 0 Å². The SMILES string of the molecule is CC1(C)C(=O)NC(=O)CN1C(=O)c1ccccc1Cl. The summed E-state index contributed by atoms with van der Waals surface area (Å²) in [4.78, 5) is 36.9. The Balaban J connectivity index is 2.40. The lowest BCUT2D eigenvalue weighted by Gasteiger charge is -2.40. The quantitative estimate of drug-likeness (QED) is 0.787. The minimum atomic E-state index is -1.09. The fourth-order valence-electron chi connectivity index (χ4n) is 1.89. The van der Waals surface area contributed by atoms with Gasteiger partial charge in [0, 0.05) is 0 Å². The van der Waals surface area contributed by atoms with Gasteiger partial charge < -0.3 is 4.90 Å². The van der Waals surface area contributed by atoms with Crippen LogP contribution in [0.4, 0.5) is 0 Å². The molecule has 0 saturated carbocycles. The Kier molecular flexibility index (Phi) is 3.32. The average molecular weight is 281 g/mol. The van der Waals surface area contributed by atoms with Crippen LogP contribution < -0.4 is 5.32 Å². The van der Waals surface area contributed by atoms with Crippen molar-refractivity contribution in [3.05, 3.63) is 34.9 Å². The van der Waals surface area contributed by atoms with Gasteiger partial charge in [-0.15, -0.1) is 0 Å². The van der Waals surface area contributed by atoms with Crippen molar-refractivity contribution in [2.24, 2.45) is 0 Å². The van der Waals surface area contributed by atoms with Gasteiger partial charge in [0.05, 0.1) is 10.6 Å². The van der Waals surface area contributed by atoms with Crippen molar-refractivity contribution in [2.75, 3.05) is 6.54 Å². The number of carbonyl (C=O) groups is 3. The molecule has 5 nitrogen and oxygen atoms in total. The summed E-state index contributed by atoms with van der Waals surface area (Å²) in [5.41, 5.74) is -0.816. The molecule has 2 rings (SSSR count). The fraction of sp³-hybridized carbons (Fsp3) is 0.308. The third kappa shape index (κ3) is 2.33. The third-order valence-electron chi connectivity index (χ3n) is 3.13. The second kappa shape index (κ2) is 4.66. The monoisotopic (exact) mass is 280 g/mol. The molecule has 1 saturated heterocycles. The lowest BCUT2D eigenvalue weighted by atomic mass is 9.97. The molecule has 0 bridgehead atoms. The van der Waals surface area contributed by atoms with E-state index in [1.165, 1.54) is 4.90 Å². The number of nitrogens with one attached hydrogen (secondary N) is 1. The van der Waals surface area contributed by atoms with E-state index < -0.39 is 23.3 Å². The van der Waals surface area contributed by atoms with Gasteiger partial charge in [-0.2, -0.15) is 0 Å². The van der Waals surface area contributed by atoms with E-state index >= 15 is 0 Å². The maximum Gasteiger partial charge on any atom is 0.256 e. The Bertz CT molecular complexity index is 569. The Hall–Kier alpha value is -1.88. The number of halogens is 1. The standard InChI is InChI=1S/C13H13ClN2O3/c1-13(2)12(19)15-10(17)7-16(13)11(18)8-5-3-4-6-9(8)14/h3-6H,7H2,1-2H3,(H,15,17,19). The molecule has 0 unspecified atom stereocenters. The van der Waals surface area contributed by atoms with Crippen LogP contribution in [-0.4, -0.2) is 34.7 Å². The van der Waals surface area contributed by atoms with Gasteiger partial charge in [-0.1, -0.05) is 23.7 Å². The summed E-state index contributed by atoms with van der Waals surface area (Å²) >= 11 is 5.97. The van der Waals surface area contributed by atoms with Crippen molar-refractivity contribution in [3.8, 4) is 0 Å². The third-order valence-corrected chi connectivity index (χ3v) is 3.46. The van der Waals surface area contributed by atoms with E-state index in [0.29, 0.717) is 5.02 Å². The maximum absolute atomic E-state index is 12.4. The molecule has 1 aromatic carbocycles. The van der Waals surface area contributed by atoms with Gasteiger partial charge in [-0.05, 0) is 26.0 Å². The number of hydrogen-bond acceptors (Lipinski definition) is 3. The second-order valence-electron chi connectivity index (χ2n) is 4.81. The van der Waals surface area contributed by atoms with Crippen LogP contribution in [0.2, 0.25) is 5.02 Å². The number of nitrogens with zero attached hydrogens (tertiary/aromatic N) is 1. The molecular formula is C13H13ClN2O3. The first-order valence-electron chi connectivity index (χ1n) is 5.75. The average Bonchev–Trinajstić information content (AvgIpc) is 2.34. The van der Waals surface area contributed by atoms with E-state index in [0.717, 1.165) is 0 Å². The number of imide groups is 1. The topological polar surface area (TPSA) is 66.5 Å². The molecule has 1 fully saturated rings. The number of amides is 3. The maximum atomic E-state index is 12.4. The molecule has 1 aliphatic rings. The van der Waals surface area contributed by atoms with E-state index in [2.05, 4.69) is 5.32 Å². The highest BCUT2D eigenvalue weighted by Crippen LogP contribution is 2.24. The number of hydrogen-bond donors (Lipinski definition) is 1. The van der Waals surface area contributed by atoms with Crippen molar-refractivity contribution < 1.29 is 14.4 Å². The molecule has 6 heteroatoms. The van der Waals surface area contributed by atoms with E-state index in [1.807, 2.05) is 0 Å². The van der Waals surface area contributed by atoms with Crippen molar-refractivity contribution in [3.63, 3.8) is 0 Å². The van der Waals surface area contributed by atoms with Crippen LogP contribution in [0.5, 0.6) is 0 Å². The Labute approximate surface area is 115 Å². The van der Waals surface area contributed by atoms with E-state index in [1.54, 1.807) is 38.1 Å². The van der Waals surface area contributed by atoms with Gasteiger partial charge in [-0.3, -0.25) is 19.7 Å². The summed E-state index contributed by atoms with van der Waals surface area (Å²) in [6, 6.07) is 6.54. The molecule has 0 atom stereocenters. The van der Waals surface area contributed by atoms with Gasteiger partial charge >= 0.3 is 0 Å². The van der Waals surface area contributed by atoms with Crippen LogP contribution in [0, 0.1) is 0 Å². The van der Waals surface area contributed by atoms with Crippen LogP contribution in [0.25, 0.3) is 0 Å². The van der Waals surface area contributed by atoms with E-state index in [9.17, 15) is 14.4 Å². The summed E-state index contributed by atoms with van der Waals surface area (Å²) < 4.78 is 0. The summed E-state index contributed by atoms with van der Waals surface area (Å²) in [5, 5.41) is 2.51. The summed E-state index contributed by atoms with van der Waals surface area (Å²) in [6.45, 7) is 3.01. The van der Waals surface area contributed by atoms with E-state index in [4.69, 9.17) is 11.6 Å². The normalized spacial score (nSPS) is 18.2. The first-order valence-corrected chi connectivity index (χ1v) is 6.12. The van der Waals surface area contributed by atoms with Crippen molar-refractivity contribution in [1.82, 2.24) is 10.2 Å². The number of rotatable bonds is 1. The van der Waals surface area contributed by atoms with Crippen LogP contribution in [-0.2, 0) is 9.59 Å². The zero-order chi connectivity index (χ0) is 14.2. The first kappa shape index (κ1) is 13.5. The fourth-order valence-corrected chi connectivity index (χ4v) is 2.11. The van der Waals surface area contributed by atoms with Crippen LogP contribution >= 0.6 is 11.6 Å². The molecular weight excluding hydrogens is 268 g/mol. The molecule has 0 aromatic heterocycles. The molecule has 100 valence electrons. The molecule has 1 heterocycles. The molecule has 1 aliphatic heterocycles. The number of piperazine rings is 1. The molecule has 1 N–H and O–H groups in total. The summed E-state index contributed by atoms with van der Waals surface area (Å²) in [7, 11) is 0. The molecule has 3 amide bonds. The largest absolute Gasteiger partial charge is 0.315 e. The highest BCUT2D eigenvalue weighted by molar-refractivity contribution is 6.34. The van der Waals surface area contributed by atoms with Crippen molar-refractivity contribution >= 4 is 29.3 Å². The highest BCUT2D eigenvalue weighted by atomic mass is 35.5. The minimum Gasteiger partial charge on any atom is -0.315 e. The Morgan fingerprint density at radius 3 is 2.58 bits per heavy atom. The molecule has 0 radical (unpaired) electrons. The minimum absolute atomic E-state index is 0.164. The highest BCUT2D eigenvalue weighted by Gasteiger charge is 2.43. The zero-order valence-electron chi connectivity index (χ0n) is 10.6. The number of carbonyl (C=O) groups excluding carboxylic acids is 3. The molecule has 19 heavy (non-hydrogen) atoms. The Morgan fingerprint density at radius 2 is 1.95 bits per heavy atom. The van der Waals surface area contributed by atoms with Crippen LogP contribution in [0.15, 0.2) is 24.3 Å². The molecule has 1 aromatic rings. The predicted octanol–water partition coefficient (Wildman–Crippen LogP) is 1.22. The van der Waals surface area contributed by atoms with Gasteiger partial charge in [0.1, 0.15) is 12.1 Å². The van der Waals surface area contributed by atoms with Crippen molar-refractivity contribution in [2.45, 2.75) is 19.4 Å². The summed E-state index contributed by atoms with van der Waals surface area (Å²) in [5.74, 6) is -1.42. The van der Waals surface area contributed by atoms with Gasteiger partial charge in [0.15, 0.2) is 0 Å². The predicted molar refractivity (Wildman–Crippen MR) is 69.7 cm³/mol. The summed E-state index contributed by atoms with van der Waals surface area (Å²) in [6.07, 6.45) is 0. The zero-order valence-corrected chi connectivity index (χ0v) is 11.3. The van der Waals surface area contributed by atoms with Gasteiger partial charge in [0.25, 0.3) is 11.8 Å². The van der Waals surface area contributed by atoms with E-state index in [-0.39, 0.29) is 12.1 Å². The van der Waals surface area contributed by atoms with Crippen LogP contribution in [0.1, 0.15) is 24.2 Å².